The minimum atomic E-state index is -0.277. The molecule has 1 N–H and O–H groups in total. The molecule has 0 spiro atoms. The van der Waals surface area contributed by atoms with Crippen molar-refractivity contribution < 1.29 is 9.53 Å². The number of benzene rings is 1. The first-order valence-corrected chi connectivity index (χ1v) is 6.10. The predicted octanol–water partition coefficient (Wildman–Crippen LogP) is 1.99. The van der Waals surface area contributed by atoms with Crippen LogP contribution < -0.4 is 5.32 Å². The molecule has 0 aliphatic carbocycles. The summed E-state index contributed by atoms with van der Waals surface area (Å²) in [5.74, 6) is -0.214. The van der Waals surface area contributed by atoms with E-state index in [0.29, 0.717) is 25.1 Å². The normalized spacial score (nSPS) is 11.6. The molecule has 96 valence electrons. The van der Waals surface area contributed by atoms with Gasteiger partial charge in [-0.1, -0.05) is 19.1 Å². The summed E-state index contributed by atoms with van der Waals surface area (Å²) in [6.45, 7) is 4.72. The van der Waals surface area contributed by atoms with Crippen LogP contribution in [0.15, 0.2) is 24.3 Å². The SMILES string of the molecule is CCOC(=O)C(CC)NCc1ccc(C#N)cc1. The molecule has 0 fully saturated rings. The minimum Gasteiger partial charge on any atom is -0.465 e. The number of hydrogen-bond acceptors (Lipinski definition) is 4. The molecule has 0 aliphatic heterocycles. The van der Waals surface area contributed by atoms with Crippen molar-refractivity contribution in [1.82, 2.24) is 5.32 Å². The smallest absolute Gasteiger partial charge is 0.323 e. The van der Waals surface area contributed by atoms with E-state index >= 15 is 0 Å². The molecule has 0 aromatic heterocycles. The van der Waals surface area contributed by atoms with Crippen LogP contribution in [-0.2, 0) is 16.1 Å². The van der Waals surface area contributed by atoms with Gasteiger partial charge in [-0.05, 0) is 31.0 Å². The Morgan fingerprint density at radius 3 is 2.56 bits per heavy atom. The lowest BCUT2D eigenvalue weighted by Crippen LogP contribution is -2.37. The molecular formula is C14H18N2O2. The molecule has 0 saturated carbocycles. The fraction of sp³-hybridized carbons (Fsp3) is 0.429. The van der Waals surface area contributed by atoms with Gasteiger partial charge in [-0.2, -0.15) is 5.26 Å². The van der Waals surface area contributed by atoms with E-state index in [-0.39, 0.29) is 12.0 Å². The zero-order valence-corrected chi connectivity index (χ0v) is 10.8. The Morgan fingerprint density at radius 1 is 1.39 bits per heavy atom. The van der Waals surface area contributed by atoms with Crippen molar-refractivity contribution in [3.8, 4) is 6.07 Å². The summed E-state index contributed by atoms with van der Waals surface area (Å²) in [6, 6.07) is 9.08. The summed E-state index contributed by atoms with van der Waals surface area (Å²) in [6.07, 6.45) is 0.690. The number of nitrogens with zero attached hydrogens (tertiary/aromatic N) is 1. The number of ether oxygens (including phenoxy) is 1. The van der Waals surface area contributed by atoms with Crippen LogP contribution in [0.5, 0.6) is 0 Å². The summed E-state index contributed by atoms with van der Waals surface area (Å²) < 4.78 is 4.98. The third kappa shape index (κ3) is 4.19. The third-order valence-corrected chi connectivity index (χ3v) is 2.61. The van der Waals surface area contributed by atoms with Crippen LogP contribution in [0.3, 0.4) is 0 Å². The van der Waals surface area contributed by atoms with Crippen LogP contribution in [0.25, 0.3) is 0 Å². The van der Waals surface area contributed by atoms with Gasteiger partial charge in [-0.15, -0.1) is 0 Å². The monoisotopic (exact) mass is 246 g/mol. The number of carbonyl (C=O) groups is 1. The molecule has 0 radical (unpaired) electrons. The topological polar surface area (TPSA) is 62.1 Å². The number of rotatable bonds is 6. The number of nitrogens with one attached hydrogen (secondary N) is 1. The lowest BCUT2D eigenvalue weighted by molar-refractivity contribution is -0.145. The molecule has 1 aromatic rings. The summed E-state index contributed by atoms with van der Waals surface area (Å²) >= 11 is 0. The molecule has 0 saturated heterocycles. The van der Waals surface area contributed by atoms with Crippen molar-refractivity contribution in [3.63, 3.8) is 0 Å². The largest absolute Gasteiger partial charge is 0.465 e. The van der Waals surface area contributed by atoms with Gasteiger partial charge in [0, 0.05) is 6.54 Å². The van der Waals surface area contributed by atoms with E-state index in [9.17, 15) is 4.79 Å². The number of esters is 1. The highest BCUT2D eigenvalue weighted by Crippen LogP contribution is 2.04. The Hall–Kier alpha value is -1.86. The van der Waals surface area contributed by atoms with Crippen molar-refractivity contribution in [2.24, 2.45) is 0 Å². The highest BCUT2D eigenvalue weighted by molar-refractivity contribution is 5.75. The van der Waals surface area contributed by atoms with E-state index in [2.05, 4.69) is 11.4 Å². The van der Waals surface area contributed by atoms with Gasteiger partial charge in [0.1, 0.15) is 6.04 Å². The van der Waals surface area contributed by atoms with E-state index in [4.69, 9.17) is 10.00 Å². The maximum atomic E-state index is 11.6. The third-order valence-electron chi connectivity index (χ3n) is 2.61. The van der Waals surface area contributed by atoms with Crippen LogP contribution in [-0.4, -0.2) is 18.6 Å². The molecule has 0 heterocycles. The van der Waals surface area contributed by atoms with Gasteiger partial charge in [0.15, 0.2) is 0 Å². The number of hydrogen-bond donors (Lipinski definition) is 1. The van der Waals surface area contributed by atoms with Crippen molar-refractivity contribution in [2.45, 2.75) is 32.9 Å². The molecule has 1 atom stereocenters. The fourth-order valence-electron chi connectivity index (χ4n) is 1.58. The van der Waals surface area contributed by atoms with Gasteiger partial charge in [0.2, 0.25) is 0 Å². The van der Waals surface area contributed by atoms with E-state index in [1.165, 1.54) is 0 Å². The second-order valence-corrected chi connectivity index (χ2v) is 3.90. The van der Waals surface area contributed by atoms with Crippen molar-refractivity contribution in [3.05, 3.63) is 35.4 Å². The van der Waals surface area contributed by atoms with Crippen molar-refractivity contribution >= 4 is 5.97 Å². The molecule has 0 aliphatic rings. The van der Waals surface area contributed by atoms with E-state index in [1.54, 1.807) is 19.1 Å². The standard InChI is InChI=1S/C14H18N2O2/c1-3-13(14(17)18-4-2)16-10-12-7-5-11(9-15)6-8-12/h5-8,13,16H,3-4,10H2,1-2H3. The minimum absolute atomic E-state index is 0.214. The summed E-state index contributed by atoms with van der Waals surface area (Å²) in [5, 5.41) is 11.8. The molecule has 0 bridgehead atoms. The van der Waals surface area contributed by atoms with Crippen LogP contribution in [0.2, 0.25) is 0 Å². The first-order chi connectivity index (χ1) is 8.71. The highest BCUT2D eigenvalue weighted by Gasteiger charge is 2.16. The van der Waals surface area contributed by atoms with Gasteiger partial charge in [-0.25, -0.2) is 0 Å². The Bertz CT molecular complexity index is 420. The maximum Gasteiger partial charge on any atom is 0.323 e. The molecule has 0 amide bonds. The highest BCUT2D eigenvalue weighted by atomic mass is 16.5. The summed E-state index contributed by atoms with van der Waals surface area (Å²) in [7, 11) is 0. The van der Waals surface area contributed by atoms with Gasteiger partial charge in [0.05, 0.1) is 18.2 Å². The Kier molecular flexibility index (Phi) is 5.89. The Morgan fingerprint density at radius 2 is 2.06 bits per heavy atom. The Balaban J connectivity index is 2.52. The zero-order valence-electron chi connectivity index (χ0n) is 10.8. The van der Waals surface area contributed by atoms with Crippen molar-refractivity contribution in [1.29, 1.82) is 5.26 Å². The van der Waals surface area contributed by atoms with Gasteiger partial charge >= 0.3 is 5.97 Å². The molecular weight excluding hydrogens is 228 g/mol. The maximum absolute atomic E-state index is 11.6. The van der Waals surface area contributed by atoms with Crippen molar-refractivity contribution in [2.75, 3.05) is 6.61 Å². The van der Waals surface area contributed by atoms with Gasteiger partial charge in [0.25, 0.3) is 0 Å². The Labute approximate surface area is 108 Å². The van der Waals surface area contributed by atoms with E-state index in [0.717, 1.165) is 5.56 Å². The zero-order chi connectivity index (χ0) is 13.4. The van der Waals surface area contributed by atoms with Crippen LogP contribution in [0, 0.1) is 11.3 Å². The average molecular weight is 246 g/mol. The lowest BCUT2D eigenvalue weighted by atomic mass is 10.1. The van der Waals surface area contributed by atoms with Crippen LogP contribution in [0.1, 0.15) is 31.4 Å². The number of nitriles is 1. The quantitative estimate of drug-likeness (QED) is 0.780. The van der Waals surface area contributed by atoms with Gasteiger partial charge < -0.3 is 10.1 Å². The molecule has 4 nitrogen and oxygen atoms in total. The van der Waals surface area contributed by atoms with E-state index in [1.807, 2.05) is 19.1 Å². The summed E-state index contributed by atoms with van der Waals surface area (Å²) in [5.41, 5.74) is 1.67. The van der Waals surface area contributed by atoms with E-state index < -0.39 is 0 Å². The van der Waals surface area contributed by atoms with Crippen LogP contribution >= 0.6 is 0 Å². The first kappa shape index (κ1) is 14.2. The first-order valence-electron chi connectivity index (χ1n) is 6.10. The molecule has 1 rings (SSSR count). The average Bonchev–Trinajstić information content (AvgIpc) is 2.40. The lowest BCUT2D eigenvalue weighted by Gasteiger charge is -2.15. The van der Waals surface area contributed by atoms with Gasteiger partial charge in [-0.3, -0.25) is 4.79 Å². The molecule has 1 aromatic carbocycles. The number of carbonyl (C=O) groups excluding carboxylic acids is 1. The predicted molar refractivity (Wildman–Crippen MR) is 68.7 cm³/mol. The summed E-state index contributed by atoms with van der Waals surface area (Å²) in [4.78, 5) is 11.6. The van der Waals surface area contributed by atoms with Crippen LogP contribution in [0.4, 0.5) is 0 Å². The molecule has 18 heavy (non-hydrogen) atoms. The second kappa shape index (κ2) is 7.46. The molecule has 1 unspecified atom stereocenters. The fourth-order valence-corrected chi connectivity index (χ4v) is 1.58. The second-order valence-electron chi connectivity index (χ2n) is 3.90. The molecule has 4 heteroatoms.